The Morgan fingerprint density at radius 3 is 2.50 bits per heavy atom. The molecular formula is C25H33N7O3S. The van der Waals surface area contributed by atoms with Crippen LogP contribution in [0.5, 0.6) is 5.75 Å². The van der Waals surface area contributed by atoms with Crippen LogP contribution in [0.1, 0.15) is 18.2 Å². The molecule has 0 bridgehead atoms. The van der Waals surface area contributed by atoms with E-state index >= 15 is 0 Å². The molecule has 3 heterocycles. The predicted molar refractivity (Wildman–Crippen MR) is 141 cm³/mol. The smallest absolute Gasteiger partial charge is 0.204 e. The number of aromatic amines is 1. The highest BCUT2D eigenvalue weighted by molar-refractivity contribution is 7.99. The van der Waals surface area contributed by atoms with Crippen LogP contribution < -0.4 is 15.0 Å². The summed E-state index contributed by atoms with van der Waals surface area (Å²) in [5.74, 6) is 2.70. The molecule has 4 rings (SSSR count). The summed E-state index contributed by atoms with van der Waals surface area (Å²) in [5, 5.41) is 11.1. The molecule has 192 valence electrons. The fourth-order valence-electron chi connectivity index (χ4n) is 4.03. The summed E-state index contributed by atoms with van der Waals surface area (Å²) >= 11 is 1.47. The summed E-state index contributed by atoms with van der Waals surface area (Å²) in [6.45, 7) is 8.65. The molecule has 2 N–H and O–H groups in total. The summed E-state index contributed by atoms with van der Waals surface area (Å²) < 4.78 is 11.0. The summed E-state index contributed by atoms with van der Waals surface area (Å²) in [6.07, 6.45) is 0.432. The fraction of sp³-hybridized carbons (Fsp3) is 0.440. The lowest BCUT2D eigenvalue weighted by Gasteiger charge is -2.36. The fourth-order valence-corrected chi connectivity index (χ4v) is 4.78. The lowest BCUT2D eigenvalue weighted by molar-refractivity contribution is -0.116. The number of carbonyl (C=O) groups excluding carboxylic acids is 1. The molecule has 1 saturated heterocycles. The van der Waals surface area contributed by atoms with Crippen molar-refractivity contribution in [3.05, 3.63) is 41.6 Å². The van der Waals surface area contributed by atoms with Crippen LogP contribution in [-0.2, 0) is 16.0 Å². The van der Waals surface area contributed by atoms with E-state index in [-0.39, 0.29) is 5.78 Å². The first-order valence-corrected chi connectivity index (χ1v) is 12.7. The van der Waals surface area contributed by atoms with Gasteiger partial charge in [-0.1, -0.05) is 12.1 Å². The van der Waals surface area contributed by atoms with Crippen molar-refractivity contribution in [1.82, 2.24) is 25.1 Å². The second kappa shape index (κ2) is 12.2. The van der Waals surface area contributed by atoms with Gasteiger partial charge in [0.15, 0.2) is 22.6 Å². The normalized spacial score (nSPS) is 14.2. The van der Waals surface area contributed by atoms with Crippen LogP contribution >= 0.6 is 11.8 Å². The third kappa shape index (κ3) is 6.74. The number of piperazine rings is 1. The van der Waals surface area contributed by atoms with Gasteiger partial charge in [-0.3, -0.25) is 14.8 Å². The van der Waals surface area contributed by atoms with E-state index in [9.17, 15) is 4.79 Å². The quantitative estimate of drug-likeness (QED) is 0.372. The number of anilines is 3. The number of carbonyl (C=O) groups is 1. The molecule has 2 aromatic heterocycles. The molecule has 3 aromatic rings. The first-order chi connectivity index (χ1) is 17.4. The van der Waals surface area contributed by atoms with E-state index in [0.29, 0.717) is 29.0 Å². The third-order valence-corrected chi connectivity index (χ3v) is 6.73. The molecule has 36 heavy (non-hydrogen) atoms. The third-order valence-electron chi connectivity index (χ3n) is 5.85. The molecule has 0 spiro atoms. The zero-order valence-electron chi connectivity index (χ0n) is 21.2. The molecule has 11 heteroatoms. The number of nitrogens with zero attached hydrogens (tertiary/aromatic N) is 5. The van der Waals surface area contributed by atoms with Gasteiger partial charge in [-0.25, -0.2) is 9.97 Å². The van der Waals surface area contributed by atoms with Crippen molar-refractivity contribution in [2.45, 2.75) is 30.3 Å². The number of rotatable bonds is 11. The van der Waals surface area contributed by atoms with Gasteiger partial charge in [-0.05, 0) is 43.3 Å². The van der Waals surface area contributed by atoms with E-state index in [4.69, 9.17) is 19.4 Å². The van der Waals surface area contributed by atoms with E-state index < -0.39 is 0 Å². The highest BCUT2D eigenvalue weighted by Gasteiger charge is 2.25. The van der Waals surface area contributed by atoms with Crippen LogP contribution in [0.4, 0.5) is 17.5 Å². The molecule has 1 aromatic carbocycles. The Balaban J connectivity index is 1.62. The van der Waals surface area contributed by atoms with Crippen LogP contribution in [0.2, 0.25) is 0 Å². The highest BCUT2D eigenvalue weighted by Crippen LogP contribution is 2.38. The first-order valence-electron chi connectivity index (χ1n) is 11.9. The Labute approximate surface area is 215 Å². The van der Waals surface area contributed by atoms with Crippen LogP contribution in [-0.4, -0.2) is 84.4 Å². The van der Waals surface area contributed by atoms with E-state index in [0.717, 1.165) is 61.3 Å². The summed E-state index contributed by atoms with van der Waals surface area (Å²) in [6, 6.07) is 9.85. The predicted octanol–water partition coefficient (Wildman–Crippen LogP) is 3.31. The second-order valence-electron chi connectivity index (χ2n) is 8.72. The topological polar surface area (TPSA) is 108 Å². The molecule has 0 amide bonds. The lowest BCUT2D eigenvalue weighted by atomic mass is 10.1. The van der Waals surface area contributed by atoms with Crippen LogP contribution in [0.25, 0.3) is 0 Å². The van der Waals surface area contributed by atoms with Gasteiger partial charge >= 0.3 is 0 Å². The van der Waals surface area contributed by atoms with Crippen molar-refractivity contribution in [2.75, 3.05) is 63.8 Å². The van der Waals surface area contributed by atoms with Crippen molar-refractivity contribution >= 4 is 35.0 Å². The zero-order chi connectivity index (χ0) is 25.5. The average Bonchev–Trinajstić information content (AvgIpc) is 3.28. The van der Waals surface area contributed by atoms with Crippen molar-refractivity contribution in [3.8, 4) is 5.75 Å². The highest BCUT2D eigenvalue weighted by atomic mass is 32.2. The number of hydrogen-bond donors (Lipinski definition) is 2. The van der Waals surface area contributed by atoms with Gasteiger partial charge in [0.05, 0.1) is 13.7 Å². The van der Waals surface area contributed by atoms with Gasteiger partial charge in [0.2, 0.25) is 5.75 Å². The van der Waals surface area contributed by atoms with Crippen molar-refractivity contribution in [3.63, 3.8) is 0 Å². The number of Topliss-reactive ketones (excluding diaryl/α,β-unsaturated/α-hetero) is 1. The number of aryl methyl sites for hydroxylation is 1. The molecule has 0 atom stereocenters. The van der Waals surface area contributed by atoms with Crippen molar-refractivity contribution < 1.29 is 14.3 Å². The number of benzene rings is 1. The first kappa shape index (κ1) is 25.9. The minimum absolute atomic E-state index is 0.144. The van der Waals surface area contributed by atoms with Gasteiger partial charge in [0, 0.05) is 62.9 Å². The van der Waals surface area contributed by atoms with Crippen LogP contribution in [0.3, 0.4) is 0 Å². The number of nitrogens with one attached hydrogen (secondary N) is 2. The Morgan fingerprint density at radius 1 is 1.14 bits per heavy atom. The Kier molecular flexibility index (Phi) is 8.79. The van der Waals surface area contributed by atoms with Crippen molar-refractivity contribution in [1.29, 1.82) is 0 Å². The van der Waals surface area contributed by atoms with Crippen LogP contribution in [0, 0.1) is 6.92 Å². The molecule has 0 saturated carbocycles. The summed E-state index contributed by atoms with van der Waals surface area (Å²) in [5.41, 5.74) is 1.93. The molecule has 0 radical (unpaired) electrons. The Bertz CT molecular complexity index is 1160. The minimum atomic E-state index is 0.144. The lowest BCUT2D eigenvalue weighted by Crippen LogP contribution is -2.47. The number of methoxy groups -OCH3 is 2. The molecule has 0 aliphatic carbocycles. The average molecular weight is 512 g/mol. The molecule has 0 unspecified atom stereocenters. The van der Waals surface area contributed by atoms with E-state index in [1.807, 2.05) is 37.3 Å². The van der Waals surface area contributed by atoms with Gasteiger partial charge in [0.1, 0.15) is 5.78 Å². The number of ether oxygens (including phenoxy) is 2. The monoisotopic (exact) mass is 511 g/mol. The number of hydrogen-bond acceptors (Lipinski definition) is 10. The number of H-pyrrole nitrogens is 1. The Morgan fingerprint density at radius 2 is 1.89 bits per heavy atom. The largest absolute Gasteiger partial charge is 0.490 e. The second-order valence-corrected chi connectivity index (χ2v) is 9.76. The maximum Gasteiger partial charge on any atom is 0.204 e. The molecule has 1 aliphatic rings. The number of ketones is 1. The number of aromatic nitrogens is 4. The minimum Gasteiger partial charge on any atom is -0.490 e. The van der Waals surface area contributed by atoms with Crippen molar-refractivity contribution in [2.24, 2.45) is 0 Å². The maximum absolute atomic E-state index is 11.4. The molecular weight excluding hydrogens is 478 g/mol. The standard InChI is InChI=1S/C25H33N7O3S/c1-17-15-21(30-29-17)26-23-22(35-4)24(32-11-9-31(10-12-32)13-14-34-3)28-25(27-23)36-20-7-5-19(6-8-20)16-18(2)33/h5-8,15H,9-14,16H2,1-4H3,(H2,26,27,28,29,30). The summed E-state index contributed by atoms with van der Waals surface area (Å²) in [4.78, 5) is 26.7. The van der Waals surface area contributed by atoms with Gasteiger partial charge < -0.3 is 19.7 Å². The van der Waals surface area contributed by atoms with Crippen LogP contribution in [0.15, 0.2) is 40.4 Å². The van der Waals surface area contributed by atoms with Gasteiger partial charge in [-0.15, -0.1) is 0 Å². The Hall–Kier alpha value is -3.15. The zero-order valence-corrected chi connectivity index (χ0v) is 22.0. The maximum atomic E-state index is 11.4. The molecule has 1 fully saturated rings. The van der Waals surface area contributed by atoms with E-state index in [1.54, 1.807) is 21.1 Å². The molecule has 1 aliphatic heterocycles. The van der Waals surface area contributed by atoms with Gasteiger partial charge in [-0.2, -0.15) is 5.10 Å². The molecule has 10 nitrogen and oxygen atoms in total. The summed E-state index contributed by atoms with van der Waals surface area (Å²) in [7, 11) is 3.37. The van der Waals surface area contributed by atoms with E-state index in [2.05, 4.69) is 25.3 Å². The van der Waals surface area contributed by atoms with E-state index in [1.165, 1.54) is 11.8 Å². The SMILES string of the molecule is COCCN1CCN(c2nc(Sc3ccc(CC(C)=O)cc3)nc(Nc3cc(C)[nH]n3)c2OC)CC1. The van der Waals surface area contributed by atoms with Gasteiger partial charge in [0.25, 0.3) is 0 Å².